The summed E-state index contributed by atoms with van der Waals surface area (Å²) in [5.74, 6) is 0.158. The normalized spacial score (nSPS) is 14.0. The van der Waals surface area contributed by atoms with Crippen molar-refractivity contribution in [2.45, 2.75) is 13.0 Å². The molecule has 8 heteroatoms. The first-order valence-corrected chi connectivity index (χ1v) is 11.0. The Labute approximate surface area is 196 Å². The number of benzene rings is 2. The number of ether oxygens (including phenoxy) is 2. The van der Waals surface area contributed by atoms with Crippen LogP contribution in [0.2, 0.25) is 0 Å². The fraction of sp³-hybridized carbons (Fsp3) is 0.192. The van der Waals surface area contributed by atoms with Crippen LogP contribution >= 0.6 is 0 Å². The summed E-state index contributed by atoms with van der Waals surface area (Å²) in [6, 6.07) is 11.3. The molecular weight excluding hydrogens is 440 g/mol. The van der Waals surface area contributed by atoms with Gasteiger partial charge in [0.1, 0.15) is 5.69 Å². The van der Waals surface area contributed by atoms with Gasteiger partial charge in [0, 0.05) is 43.7 Å². The molecule has 0 bridgehead atoms. The highest BCUT2D eigenvalue weighted by Crippen LogP contribution is 2.34. The fourth-order valence-electron chi connectivity index (χ4n) is 3.82. The number of fused-ring (bicyclic) bond motifs is 1. The average molecular weight is 463 g/mol. The topological polar surface area (TPSA) is 51.0 Å². The number of anilines is 1. The van der Waals surface area contributed by atoms with Crippen molar-refractivity contribution in [1.82, 2.24) is 10.1 Å². The molecule has 2 aromatic carbocycles. The number of halogens is 2. The summed E-state index contributed by atoms with van der Waals surface area (Å²) in [6.07, 6.45) is 12.9. The summed E-state index contributed by atoms with van der Waals surface area (Å²) in [6.45, 7) is 2.27. The van der Waals surface area contributed by atoms with Gasteiger partial charge in [0.05, 0.1) is 0 Å². The van der Waals surface area contributed by atoms with Crippen LogP contribution in [0.3, 0.4) is 0 Å². The minimum atomic E-state index is -0.924. The van der Waals surface area contributed by atoms with E-state index < -0.39 is 11.6 Å². The molecule has 6 nitrogen and oxygen atoms in total. The quantitative estimate of drug-likeness (QED) is 0.431. The molecule has 0 unspecified atom stereocenters. The van der Waals surface area contributed by atoms with Crippen LogP contribution < -0.4 is 14.4 Å². The van der Waals surface area contributed by atoms with E-state index in [1.54, 1.807) is 6.07 Å². The van der Waals surface area contributed by atoms with Gasteiger partial charge >= 0.3 is 0 Å². The lowest BCUT2D eigenvalue weighted by Crippen LogP contribution is -2.26. The summed E-state index contributed by atoms with van der Waals surface area (Å²) in [4.78, 5) is 4.18. The SMILES string of the molecule is Fc1ccc(-c2cc(N(CCCN3C=CC=CC=C3)Cc3ccc4c(c3)OCO4)on2)cc1F. The van der Waals surface area contributed by atoms with Crippen molar-refractivity contribution in [3.8, 4) is 22.8 Å². The van der Waals surface area contributed by atoms with E-state index in [4.69, 9.17) is 14.0 Å². The maximum atomic E-state index is 13.7. The molecule has 2 aliphatic heterocycles. The van der Waals surface area contributed by atoms with E-state index in [1.165, 1.54) is 6.07 Å². The monoisotopic (exact) mass is 463 g/mol. The third-order valence-electron chi connectivity index (χ3n) is 5.57. The van der Waals surface area contributed by atoms with Gasteiger partial charge in [-0.05, 0) is 54.5 Å². The van der Waals surface area contributed by atoms with Gasteiger partial charge in [0.25, 0.3) is 0 Å². The van der Waals surface area contributed by atoms with Crippen molar-refractivity contribution < 1.29 is 22.8 Å². The van der Waals surface area contributed by atoms with Gasteiger partial charge in [-0.25, -0.2) is 8.78 Å². The molecule has 3 heterocycles. The van der Waals surface area contributed by atoms with Gasteiger partial charge in [-0.3, -0.25) is 0 Å². The molecule has 0 saturated carbocycles. The van der Waals surface area contributed by atoms with E-state index in [0.717, 1.165) is 36.4 Å². The Balaban J connectivity index is 1.34. The largest absolute Gasteiger partial charge is 0.454 e. The molecule has 5 rings (SSSR count). The van der Waals surface area contributed by atoms with Crippen molar-refractivity contribution in [3.63, 3.8) is 0 Å². The molecule has 0 N–H and O–H groups in total. The van der Waals surface area contributed by atoms with Crippen molar-refractivity contribution in [1.29, 1.82) is 0 Å². The third-order valence-corrected chi connectivity index (χ3v) is 5.57. The Morgan fingerprint density at radius 1 is 0.882 bits per heavy atom. The smallest absolute Gasteiger partial charge is 0.231 e. The molecule has 174 valence electrons. The lowest BCUT2D eigenvalue weighted by molar-refractivity contribution is 0.174. The highest BCUT2D eigenvalue weighted by Gasteiger charge is 2.18. The number of hydrogen-bond donors (Lipinski definition) is 0. The zero-order valence-corrected chi connectivity index (χ0v) is 18.4. The minimum Gasteiger partial charge on any atom is -0.454 e. The Bertz CT molecular complexity index is 1240. The molecule has 0 amide bonds. The van der Waals surface area contributed by atoms with Crippen LogP contribution in [0, 0.1) is 11.6 Å². The van der Waals surface area contributed by atoms with Gasteiger partial charge < -0.3 is 23.8 Å². The fourth-order valence-corrected chi connectivity index (χ4v) is 3.82. The van der Waals surface area contributed by atoms with E-state index in [2.05, 4.69) is 15.0 Å². The zero-order valence-electron chi connectivity index (χ0n) is 18.4. The Hall–Kier alpha value is -4.07. The van der Waals surface area contributed by atoms with E-state index in [9.17, 15) is 8.78 Å². The van der Waals surface area contributed by atoms with Crippen molar-refractivity contribution in [2.24, 2.45) is 0 Å². The Kier molecular flexibility index (Phi) is 6.29. The summed E-state index contributed by atoms with van der Waals surface area (Å²) >= 11 is 0. The lowest BCUT2D eigenvalue weighted by atomic mass is 10.1. The second kappa shape index (κ2) is 9.82. The van der Waals surface area contributed by atoms with Gasteiger partial charge in [-0.1, -0.05) is 23.4 Å². The van der Waals surface area contributed by atoms with Crippen LogP contribution in [0.1, 0.15) is 12.0 Å². The molecular formula is C26H23F2N3O3. The van der Waals surface area contributed by atoms with E-state index in [-0.39, 0.29) is 6.79 Å². The van der Waals surface area contributed by atoms with Crippen LogP contribution in [-0.4, -0.2) is 29.9 Å². The van der Waals surface area contributed by atoms with Crippen LogP contribution in [-0.2, 0) is 6.54 Å². The lowest BCUT2D eigenvalue weighted by Gasteiger charge is -2.23. The molecule has 0 radical (unpaired) electrons. The molecule has 0 atom stereocenters. The van der Waals surface area contributed by atoms with Crippen LogP contribution in [0.25, 0.3) is 11.3 Å². The van der Waals surface area contributed by atoms with Gasteiger partial charge in [-0.15, -0.1) is 0 Å². The van der Waals surface area contributed by atoms with Gasteiger partial charge in [0.15, 0.2) is 23.1 Å². The average Bonchev–Trinajstić information content (AvgIpc) is 3.44. The van der Waals surface area contributed by atoms with Crippen molar-refractivity contribution >= 4 is 5.88 Å². The second-order valence-electron chi connectivity index (χ2n) is 7.95. The first-order valence-electron chi connectivity index (χ1n) is 11.0. The number of hydrogen-bond acceptors (Lipinski definition) is 6. The molecule has 34 heavy (non-hydrogen) atoms. The standard InChI is InChI=1S/C26H23F2N3O3/c27-21-8-7-20(15-22(21)28)23-16-26(34-29-23)31(13-5-12-30-10-3-1-2-4-11-30)17-19-6-9-24-25(14-19)33-18-32-24/h1-4,6-11,14-16H,5,12-13,17-18H2. The summed E-state index contributed by atoms with van der Waals surface area (Å²) < 4.78 is 43.6. The third kappa shape index (κ3) is 4.96. The van der Waals surface area contributed by atoms with Crippen LogP contribution in [0.15, 0.2) is 83.7 Å². The highest BCUT2D eigenvalue weighted by atomic mass is 19.2. The summed E-state index contributed by atoms with van der Waals surface area (Å²) in [5.41, 5.74) is 1.91. The summed E-state index contributed by atoms with van der Waals surface area (Å²) in [7, 11) is 0. The van der Waals surface area contributed by atoms with E-state index in [0.29, 0.717) is 36.0 Å². The van der Waals surface area contributed by atoms with E-state index in [1.807, 2.05) is 54.9 Å². The van der Waals surface area contributed by atoms with Crippen molar-refractivity contribution in [3.05, 3.63) is 96.4 Å². The van der Waals surface area contributed by atoms with Crippen LogP contribution in [0.5, 0.6) is 11.5 Å². The molecule has 0 aliphatic carbocycles. The Morgan fingerprint density at radius 3 is 2.53 bits per heavy atom. The van der Waals surface area contributed by atoms with E-state index >= 15 is 0 Å². The molecule has 3 aromatic rings. The molecule has 2 aliphatic rings. The Morgan fingerprint density at radius 2 is 1.71 bits per heavy atom. The zero-order chi connectivity index (χ0) is 23.3. The number of aromatic nitrogens is 1. The number of nitrogens with zero attached hydrogens (tertiary/aromatic N) is 3. The first-order chi connectivity index (χ1) is 16.7. The number of rotatable bonds is 8. The maximum Gasteiger partial charge on any atom is 0.231 e. The maximum absolute atomic E-state index is 13.7. The predicted molar refractivity (Wildman–Crippen MR) is 124 cm³/mol. The molecule has 0 saturated heterocycles. The summed E-state index contributed by atoms with van der Waals surface area (Å²) in [5, 5.41) is 4.10. The molecule has 1 aromatic heterocycles. The minimum absolute atomic E-state index is 0.216. The second-order valence-corrected chi connectivity index (χ2v) is 7.95. The van der Waals surface area contributed by atoms with Crippen LogP contribution in [0.4, 0.5) is 14.7 Å². The van der Waals surface area contributed by atoms with Gasteiger partial charge in [0.2, 0.25) is 12.7 Å². The predicted octanol–water partition coefficient (Wildman–Crippen LogP) is 5.64. The molecule has 0 fully saturated rings. The van der Waals surface area contributed by atoms with Crippen molar-refractivity contribution in [2.75, 3.05) is 24.8 Å². The highest BCUT2D eigenvalue weighted by molar-refractivity contribution is 5.62. The first kappa shape index (κ1) is 21.8. The number of allylic oxidation sites excluding steroid dienone is 4. The van der Waals surface area contributed by atoms with Gasteiger partial charge in [-0.2, -0.15) is 0 Å². The molecule has 0 spiro atoms.